The van der Waals surface area contributed by atoms with Gasteiger partial charge in [0, 0.05) is 37.1 Å². The SMILES string of the molecule is CC1CCN(Cc2nc3cc([N+](=O)[O-])ccc3o2)CC1n1ccnc1. The van der Waals surface area contributed by atoms with Crippen molar-refractivity contribution in [2.45, 2.75) is 25.9 Å². The van der Waals surface area contributed by atoms with Crippen LogP contribution >= 0.6 is 0 Å². The van der Waals surface area contributed by atoms with E-state index in [2.05, 4.69) is 26.4 Å². The number of hydrogen-bond donors (Lipinski definition) is 0. The smallest absolute Gasteiger partial charge is 0.271 e. The van der Waals surface area contributed by atoms with Gasteiger partial charge in [0.05, 0.1) is 17.8 Å². The van der Waals surface area contributed by atoms with Crippen molar-refractivity contribution in [2.75, 3.05) is 13.1 Å². The molecule has 3 aromatic rings. The molecule has 1 saturated heterocycles. The van der Waals surface area contributed by atoms with Crippen LogP contribution in [0.15, 0.2) is 41.3 Å². The van der Waals surface area contributed by atoms with Crippen molar-refractivity contribution < 1.29 is 9.34 Å². The van der Waals surface area contributed by atoms with Gasteiger partial charge in [-0.15, -0.1) is 0 Å². The van der Waals surface area contributed by atoms with Crippen LogP contribution < -0.4 is 0 Å². The van der Waals surface area contributed by atoms with Gasteiger partial charge >= 0.3 is 0 Å². The Morgan fingerprint density at radius 3 is 3.08 bits per heavy atom. The Labute approximate surface area is 144 Å². The summed E-state index contributed by atoms with van der Waals surface area (Å²) in [5.41, 5.74) is 1.14. The van der Waals surface area contributed by atoms with Gasteiger partial charge in [0.25, 0.3) is 5.69 Å². The molecule has 0 bridgehead atoms. The minimum atomic E-state index is -0.421. The molecule has 0 radical (unpaired) electrons. The topological polar surface area (TPSA) is 90.2 Å². The predicted molar refractivity (Wildman–Crippen MR) is 91.0 cm³/mol. The van der Waals surface area contributed by atoms with Crippen molar-refractivity contribution in [3.63, 3.8) is 0 Å². The van der Waals surface area contributed by atoms with E-state index in [0.717, 1.165) is 19.5 Å². The molecule has 2 aromatic heterocycles. The Balaban J connectivity index is 1.51. The van der Waals surface area contributed by atoms with Crippen LogP contribution in [0.2, 0.25) is 0 Å². The summed E-state index contributed by atoms with van der Waals surface area (Å²) >= 11 is 0. The largest absolute Gasteiger partial charge is 0.439 e. The van der Waals surface area contributed by atoms with Gasteiger partial charge < -0.3 is 8.98 Å². The summed E-state index contributed by atoms with van der Waals surface area (Å²) in [6, 6.07) is 4.88. The van der Waals surface area contributed by atoms with Gasteiger partial charge in [-0.2, -0.15) is 0 Å². The third kappa shape index (κ3) is 3.12. The van der Waals surface area contributed by atoms with Gasteiger partial charge in [0.1, 0.15) is 5.52 Å². The molecule has 0 N–H and O–H groups in total. The number of aromatic nitrogens is 3. The second kappa shape index (κ2) is 6.29. The van der Waals surface area contributed by atoms with Crippen LogP contribution in [0.5, 0.6) is 0 Å². The third-order valence-corrected chi connectivity index (χ3v) is 4.90. The van der Waals surface area contributed by atoms with Crippen LogP contribution in [0.4, 0.5) is 5.69 Å². The second-order valence-electron chi connectivity index (χ2n) is 6.60. The van der Waals surface area contributed by atoms with E-state index in [1.807, 2.05) is 12.5 Å². The molecular formula is C17H19N5O3. The summed E-state index contributed by atoms with van der Waals surface area (Å²) in [7, 11) is 0. The molecule has 0 saturated carbocycles. The standard InChI is InChI=1S/C17H19N5O3/c1-12-4-6-20(9-15(12)21-7-5-18-11-21)10-17-19-14-8-13(22(23)24)2-3-16(14)25-17/h2-3,5,7-8,11-12,15H,4,6,9-10H2,1H3. The van der Waals surface area contributed by atoms with E-state index in [9.17, 15) is 10.1 Å². The Morgan fingerprint density at radius 2 is 2.32 bits per heavy atom. The van der Waals surface area contributed by atoms with Gasteiger partial charge in [0.2, 0.25) is 5.89 Å². The van der Waals surface area contributed by atoms with E-state index in [1.165, 1.54) is 12.1 Å². The summed E-state index contributed by atoms with van der Waals surface area (Å²) in [6.45, 7) is 4.74. The molecular weight excluding hydrogens is 322 g/mol. The number of piperidine rings is 1. The third-order valence-electron chi connectivity index (χ3n) is 4.90. The first kappa shape index (κ1) is 15.8. The van der Waals surface area contributed by atoms with Crippen molar-refractivity contribution in [1.29, 1.82) is 0 Å². The van der Waals surface area contributed by atoms with Gasteiger partial charge in [-0.3, -0.25) is 15.0 Å². The Hall–Kier alpha value is -2.74. The van der Waals surface area contributed by atoms with Crippen molar-refractivity contribution in [1.82, 2.24) is 19.4 Å². The van der Waals surface area contributed by atoms with Crippen LogP contribution in [-0.2, 0) is 6.54 Å². The number of nitro groups is 1. The molecule has 2 atom stereocenters. The Morgan fingerprint density at radius 1 is 1.44 bits per heavy atom. The van der Waals surface area contributed by atoms with Crippen molar-refractivity contribution in [3.05, 3.63) is 52.9 Å². The normalized spacial score (nSPS) is 21.6. The van der Waals surface area contributed by atoms with Crippen LogP contribution in [0.3, 0.4) is 0 Å². The Bertz CT molecular complexity index is 889. The van der Waals surface area contributed by atoms with E-state index in [1.54, 1.807) is 12.3 Å². The summed E-state index contributed by atoms with van der Waals surface area (Å²) in [5.74, 6) is 1.17. The van der Waals surface area contributed by atoms with E-state index < -0.39 is 4.92 Å². The lowest BCUT2D eigenvalue weighted by Crippen LogP contribution is -2.40. The zero-order valence-corrected chi connectivity index (χ0v) is 13.9. The monoisotopic (exact) mass is 341 g/mol. The highest BCUT2D eigenvalue weighted by Gasteiger charge is 2.28. The van der Waals surface area contributed by atoms with Crippen LogP contribution in [0.1, 0.15) is 25.3 Å². The number of non-ortho nitro benzene ring substituents is 1. The summed E-state index contributed by atoms with van der Waals surface area (Å²) in [4.78, 5) is 21.3. The number of nitrogens with zero attached hydrogens (tertiary/aromatic N) is 5. The number of oxazole rings is 1. The molecule has 0 amide bonds. The minimum absolute atomic E-state index is 0.0271. The highest BCUT2D eigenvalue weighted by atomic mass is 16.6. The van der Waals surface area contributed by atoms with E-state index in [0.29, 0.717) is 35.5 Å². The lowest BCUT2D eigenvalue weighted by atomic mass is 9.93. The van der Waals surface area contributed by atoms with Crippen molar-refractivity contribution >= 4 is 16.8 Å². The predicted octanol–water partition coefficient (Wildman–Crippen LogP) is 3.02. The average molecular weight is 341 g/mol. The molecule has 0 spiro atoms. The molecule has 1 fully saturated rings. The van der Waals surface area contributed by atoms with Crippen LogP contribution in [0.25, 0.3) is 11.1 Å². The first-order chi connectivity index (χ1) is 12.1. The fraction of sp³-hybridized carbons (Fsp3) is 0.412. The maximum atomic E-state index is 10.9. The van der Waals surface area contributed by atoms with E-state index >= 15 is 0 Å². The molecule has 8 heteroatoms. The highest BCUT2D eigenvalue weighted by Crippen LogP contribution is 2.29. The van der Waals surface area contributed by atoms with Crippen LogP contribution in [-0.4, -0.2) is 37.4 Å². The molecule has 4 rings (SSSR count). The number of fused-ring (bicyclic) bond motifs is 1. The number of hydrogen-bond acceptors (Lipinski definition) is 6. The molecule has 1 aliphatic heterocycles. The van der Waals surface area contributed by atoms with Gasteiger partial charge in [-0.25, -0.2) is 9.97 Å². The molecule has 1 aliphatic rings. The molecule has 0 aliphatic carbocycles. The number of rotatable bonds is 4. The van der Waals surface area contributed by atoms with Gasteiger partial charge in [-0.1, -0.05) is 6.92 Å². The fourth-order valence-corrected chi connectivity index (χ4v) is 3.45. The van der Waals surface area contributed by atoms with E-state index in [-0.39, 0.29) is 5.69 Å². The fourth-order valence-electron chi connectivity index (χ4n) is 3.45. The zero-order chi connectivity index (χ0) is 17.4. The van der Waals surface area contributed by atoms with Gasteiger partial charge in [-0.05, 0) is 24.9 Å². The average Bonchev–Trinajstić information content (AvgIpc) is 3.24. The maximum absolute atomic E-state index is 10.9. The lowest BCUT2D eigenvalue weighted by Gasteiger charge is -2.37. The second-order valence-corrected chi connectivity index (χ2v) is 6.60. The first-order valence-corrected chi connectivity index (χ1v) is 8.34. The number of imidazole rings is 1. The molecule has 2 unspecified atom stereocenters. The summed E-state index contributed by atoms with van der Waals surface area (Å²) < 4.78 is 7.92. The molecule has 25 heavy (non-hydrogen) atoms. The van der Waals surface area contributed by atoms with Gasteiger partial charge in [0.15, 0.2) is 5.58 Å². The number of nitro benzene ring substituents is 1. The van der Waals surface area contributed by atoms with Crippen LogP contribution in [0, 0.1) is 16.0 Å². The minimum Gasteiger partial charge on any atom is -0.439 e. The number of likely N-dealkylation sites (tertiary alicyclic amines) is 1. The zero-order valence-electron chi connectivity index (χ0n) is 13.9. The molecule has 1 aromatic carbocycles. The maximum Gasteiger partial charge on any atom is 0.271 e. The molecule has 3 heterocycles. The first-order valence-electron chi connectivity index (χ1n) is 8.34. The van der Waals surface area contributed by atoms with Crippen molar-refractivity contribution in [3.8, 4) is 0 Å². The quantitative estimate of drug-likeness (QED) is 0.535. The van der Waals surface area contributed by atoms with E-state index in [4.69, 9.17) is 4.42 Å². The van der Waals surface area contributed by atoms with Crippen molar-refractivity contribution in [2.24, 2.45) is 5.92 Å². The summed E-state index contributed by atoms with van der Waals surface area (Å²) in [6.07, 6.45) is 6.76. The molecule has 130 valence electrons. The summed E-state index contributed by atoms with van der Waals surface area (Å²) in [5, 5.41) is 10.9. The Kier molecular flexibility index (Phi) is 3.96. The highest BCUT2D eigenvalue weighted by molar-refractivity contribution is 5.75. The lowest BCUT2D eigenvalue weighted by molar-refractivity contribution is -0.384. The molecule has 8 nitrogen and oxygen atoms in total. The number of benzene rings is 1.